The number of hydrogen-bond acceptors (Lipinski definition) is 1. The molecular formula is C12H15BrN2. The molecule has 0 atom stereocenters. The summed E-state index contributed by atoms with van der Waals surface area (Å²) in [5.41, 5.74) is 2.40. The Hall–Kier alpha value is -0.830. The molecule has 1 aliphatic rings. The van der Waals surface area contributed by atoms with Crippen LogP contribution < -0.4 is 4.90 Å². The van der Waals surface area contributed by atoms with Gasteiger partial charge in [0.2, 0.25) is 0 Å². The zero-order valence-electron chi connectivity index (χ0n) is 8.89. The van der Waals surface area contributed by atoms with Crippen molar-refractivity contribution in [2.75, 3.05) is 11.4 Å². The molecule has 0 amide bonds. The van der Waals surface area contributed by atoms with E-state index in [1.165, 1.54) is 17.7 Å². The second-order valence-electron chi connectivity index (χ2n) is 3.94. The molecule has 0 aliphatic carbocycles. The number of hydrogen-bond donors (Lipinski definition) is 1. The topological polar surface area (TPSA) is 27.1 Å². The summed E-state index contributed by atoms with van der Waals surface area (Å²) in [6.07, 6.45) is 3.25. The molecule has 1 aliphatic heterocycles. The highest BCUT2D eigenvalue weighted by Gasteiger charge is 2.18. The van der Waals surface area contributed by atoms with Gasteiger partial charge in [0.25, 0.3) is 0 Å². The van der Waals surface area contributed by atoms with Crippen molar-refractivity contribution < 1.29 is 0 Å². The first kappa shape index (κ1) is 10.7. The zero-order valence-corrected chi connectivity index (χ0v) is 10.5. The van der Waals surface area contributed by atoms with Gasteiger partial charge in [-0.3, -0.25) is 5.41 Å². The lowest BCUT2D eigenvalue weighted by Crippen LogP contribution is -2.35. The zero-order chi connectivity index (χ0) is 10.8. The van der Waals surface area contributed by atoms with Crippen molar-refractivity contribution in [2.45, 2.75) is 26.2 Å². The number of nitrogens with one attached hydrogen (secondary N) is 1. The number of nitrogens with zero attached hydrogens (tertiary/aromatic N) is 1. The van der Waals surface area contributed by atoms with Gasteiger partial charge in [-0.05, 0) is 37.5 Å². The van der Waals surface area contributed by atoms with E-state index < -0.39 is 0 Å². The van der Waals surface area contributed by atoms with Crippen molar-refractivity contribution in [3.63, 3.8) is 0 Å². The summed E-state index contributed by atoms with van der Waals surface area (Å²) >= 11 is 3.54. The Morgan fingerprint density at radius 1 is 1.33 bits per heavy atom. The van der Waals surface area contributed by atoms with Gasteiger partial charge in [0.1, 0.15) is 5.84 Å². The monoisotopic (exact) mass is 266 g/mol. The second kappa shape index (κ2) is 4.35. The SMILES string of the molecule is Cc1c(Br)cccc1N1CCCCC1=N. The van der Waals surface area contributed by atoms with Crippen LogP contribution >= 0.6 is 15.9 Å². The fraction of sp³-hybridized carbons (Fsp3) is 0.417. The highest BCUT2D eigenvalue weighted by Crippen LogP contribution is 2.29. The van der Waals surface area contributed by atoms with Crippen molar-refractivity contribution in [3.8, 4) is 0 Å². The molecule has 0 saturated carbocycles. The van der Waals surface area contributed by atoms with Crippen LogP contribution in [-0.2, 0) is 0 Å². The third-order valence-corrected chi connectivity index (χ3v) is 3.76. The van der Waals surface area contributed by atoms with Gasteiger partial charge in [0.15, 0.2) is 0 Å². The summed E-state index contributed by atoms with van der Waals surface area (Å²) in [6.45, 7) is 3.08. The standard InChI is InChI=1S/C12H15BrN2/c1-9-10(13)5-4-6-11(9)15-8-3-2-7-12(15)14/h4-6,14H,2-3,7-8H2,1H3. The molecule has 1 saturated heterocycles. The smallest absolute Gasteiger partial charge is 0.100 e. The minimum Gasteiger partial charge on any atom is -0.330 e. The summed E-state index contributed by atoms with van der Waals surface area (Å²) in [6, 6.07) is 6.18. The Morgan fingerprint density at radius 3 is 2.87 bits per heavy atom. The molecule has 3 heteroatoms. The molecule has 0 unspecified atom stereocenters. The summed E-state index contributed by atoms with van der Waals surface area (Å²) < 4.78 is 1.12. The Bertz CT molecular complexity index is 387. The van der Waals surface area contributed by atoms with Gasteiger partial charge in [-0.15, -0.1) is 0 Å². The fourth-order valence-corrected chi connectivity index (χ4v) is 2.34. The molecule has 2 rings (SSSR count). The third-order valence-electron chi connectivity index (χ3n) is 2.90. The number of benzene rings is 1. The van der Waals surface area contributed by atoms with Gasteiger partial charge in [-0.2, -0.15) is 0 Å². The van der Waals surface area contributed by atoms with Crippen LogP contribution in [0.15, 0.2) is 22.7 Å². The van der Waals surface area contributed by atoms with E-state index in [2.05, 4.69) is 33.8 Å². The van der Waals surface area contributed by atoms with Crippen LogP contribution in [-0.4, -0.2) is 12.4 Å². The summed E-state index contributed by atoms with van der Waals surface area (Å²) in [7, 11) is 0. The first-order chi connectivity index (χ1) is 7.20. The maximum Gasteiger partial charge on any atom is 0.100 e. The van der Waals surface area contributed by atoms with Crippen LogP contribution in [0.1, 0.15) is 24.8 Å². The van der Waals surface area contributed by atoms with E-state index >= 15 is 0 Å². The first-order valence-electron chi connectivity index (χ1n) is 5.30. The van der Waals surface area contributed by atoms with E-state index in [0.29, 0.717) is 0 Å². The molecule has 2 nitrogen and oxygen atoms in total. The van der Waals surface area contributed by atoms with Gasteiger partial charge in [-0.25, -0.2) is 0 Å². The van der Waals surface area contributed by atoms with Gasteiger partial charge in [-0.1, -0.05) is 22.0 Å². The highest BCUT2D eigenvalue weighted by molar-refractivity contribution is 9.10. The van der Waals surface area contributed by atoms with E-state index in [-0.39, 0.29) is 0 Å². The van der Waals surface area contributed by atoms with Crippen molar-refractivity contribution >= 4 is 27.5 Å². The minimum atomic E-state index is 0.752. The second-order valence-corrected chi connectivity index (χ2v) is 4.79. The number of rotatable bonds is 1. The average molecular weight is 267 g/mol. The first-order valence-corrected chi connectivity index (χ1v) is 6.09. The molecule has 1 fully saturated rings. The number of halogens is 1. The molecule has 1 N–H and O–H groups in total. The van der Waals surface area contributed by atoms with Gasteiger partial charge in [0, 0.05) is 23.1 Å². The van der Waals surface area contributed by atoms with Crippen molar-refractivity contribution in [3.05, 3.63) is 28.2 Å². The lowest BCUT2D eigenvalue weighted by Gasteiger charge is -2.30. The molecule has 0 spiro atoms. The van der Waals surface area contributed by atoms with E-state index in [1.807, 2.05) is 12.1 Å². The van der Waals surface area contributed by atoms with Crippen LogP contribution in [0.25, 0.3) is 0 Å². The molecule has 1 heterocycles. The molecule has 0 aromatic heterocycles. The van der Waals surface area contributed by atoms with Crippen LogP contribution in [0.2, 0.25) is 0 Å². The third kappa shape index (κ3) is 2.07. The average Bonchev–Trinajstić information content (AvgIpc) is 2.23. The van der Waals surface area contributed by atoms with Crippen LogP contribution in [0.5, 0.6) is 0 Å². The predicted octanol–water partition coefficient (Wildman–Crippen LogP) is 3.73. The van der Waals surface area contributed by atoms with Crippen molar-refractivity contribution in [1.29, 1.82) is 5.41 Å². The molecule has 15 heavy (non-hydrogen) atoms. The van der Waals surface area contributed by atoms with Gasteiger partial charge in [0.05, 0.1) is 0 Å². The van der Waals surface area contributed by atoms with Gasteiger partial charge < -0.3 is 4.90 Å². The number of anilines is 1. The summed E-state index contributed by atoms with van der Waals surface area (Å²) in [4.78, 5) is 2.13. The predicted molar refractivity (Wildman–Crippen MR) is 67.8 cm³/mol. The maximum atomic E-state index is 7.96. The molecular weight excluding hydrogens is 252 g/mol. The van der Waals surface area contributed by atoms with Crippen molar-refractivity contribution in [2.24, 2.45) is 0 Å². The largest absolute Gasteiger partial charge is 0.330 e. The Balaban J connectivity index is 2.35. The Kier molecular flexibility index (Phi) is 3.10. The van der Waals surface area contributed by atoms with Crippen molar-refractivity contribution in [1.82, 2.24) is 0 Å². The quantitative estimate of drug-likeness (QED) is 0.824. The Labute approximate surface area is 98.9 Å². The van der Waals surface area contributed by atoms with E-state index in [1.54, 1.807) is 0 Å². The highest BCUT2D eigenvalue weighted by atomic mass is 79.9. The summed E-state index contributed by atoms with van der Waals surface area (Å²) in [5.74, 6) is 0.752. The maximum absolute atomic E-state index is 7.96. The number of amidine groups is 1. The lowest BCUT2D eigenvalue weighted by atomic mass is 10.1. The van der Waals surface area contributed by atoms with Crippen LogP contribution in [0.4, 0.5) is 5.69 Å². The Morgan fingerprint density at radius 2 is 2.13 bits per heavy atom. The molecule has 0 radical (unpaired) electrons. The number of piperidine rings is 1. The molecule has 0 bridgehead atoms. The van der Waals surface area contributed by atoms with E-state index in [4.69, 9.17) is 5.41 Å². The van der Waals surface area contributed by atoms with Crippen LogP contribution in [0.3, 0.4) is 0 Å². The van der Waals surface area contributed by atoms with Crippen LogP contribution in [0, 0.1) is 12.3 Å². The van der Waals surface area contributed by atoms with E-state index in [0.717, 1.165) is 29.7 Å². The summed E-state index contributed by atoms with van der Waals surface area (Å²) in [5, 5.41) is 7.96. The molecule has 1 aromatic rings. The molecule has 1 aromatic carbocycles. The van der Waals surface area contributed by atoms with E-state index in [9.17, 15) is 0 Å². The minimum absolute atomic E-state index is 0.752. The molecule has 80 valence electrons. The normalized spacial score (nSPS) is 16.9. The van der Waals surface area contributed by atoms with Gasteiger partial charge >= 0.3 is 0 Å². The lowest BCUT2D eigenvalue weighted by molar-refractivity contribution is 0.706. The fourth-order valence-electron chi connectivity index (χ4n) is 1.99.